The normalized spacial score (nSPS) is 17.0. The largest absolute Gasteiger partial charge is 0.483 e. The Morgan fingerprint density at radius 1 is 1.13 bits per heavy atom. The highest BCUT2D eigenvalue weighted by Gasteiger charge is 2.23. The third-order valence-corrected chi connectivity index (χ3v) is 3.66. The van der Waals surface area contributed by atoms with Crippen LogP contribution in [0.25, 0.3) is 10.8 Å². The molecule has 1 aliphatic rings. The van der Waals surface area contributed by atoms with Crippen molar-refractivity contribution in [3.8, 4) is 5.75 Å². The summed E-state index contributed by atoms with van der Waals surface area (Å²) in [6, 6.07) is 13.4. The lowest BCUT2D eigenvalue weighted by Gasteiger charge is -2.12. The molecule has 0 spiro atoms. The van der Waals surface area contributed by atoms with Gasteiger partial charge in [0.1, 0.15) is 11.9 Å². The first-order valence-electron chi connectivity index (χ1n) is 7.55. The van der Waals surface area contributed by atoms with Crippen LogP contribution in [-0.4, -0.2) is 31.1 Å². The molecule has 2 aromatic carbocycles. The van der Waals surface area contributed by atoms with Gasteiger partial charge in [-0.25, -0.2) is 0 Å². The van der Waals surface area contributed by atoms with E-state index in [1.165, 1.54) is 0 Å². The highest BCUT2D eigenvalue weighted by molar-refractivity contribution is 5.89. The van der Waals surface area contributed by atoms with Crippen LogP contribution in [0.15, 0.2) is 42.5 Å². The Morgan fingerprint density at radius 2 is 1.96 bits per heavy atom. The van der Waals surface area contributed by atoms with Gasteiger partial charge in [-0.15, -0.1) is 0 Å². The summed E-state index contributed by atoms with van der Waals surface area (Å²) < 4.78 is 10.8. The Labute approximate surface area is 133 Å². The topological polar surface area (TPSA) is 76.7 Å². The molecule has 6 heteroatoms. The SMILES string of the molecule is O=C(COc1cccc2ccccc12)NNC(=O)[C@@H]1CCCO1. The summed E-state index contributed by atoms with van der Waals surface area (Å²) in [4.78, 5) is 23.5. The van der Waals surface area contributed by atoms with Crippen molar-refractivity contribution in [2.24, 2.45) is 0 Å². The molecule has 1 fully saturated rings. The fourth-order valence-corrected chi connectivity index (χ4v) is 2.50. The van der Waals surface area contributed by atoms with Crippen LogP contribution in [0.5, 0.6) is 5.75 Å². The average Bonchev–Trinajstić information content (AvgIpc) is 3.12. The minimum atomic E-state index is -0.478. The Kier molecular flexibility index (Phi) is 4.73. The second-order valence-corrected chi connectivity index (χ2v) is 5.31. The molecule has 2 N–H and O–H groups in total. The minimum Gasteiger partial charge on any atom is -0.483 e. The van der Waals surface area contributed by atoms with Gasteiger partial charge >= 0.3 is 0 Å². The second-order valence-electron chi connectivity index (χ2n) is 5.31. The van der Waals surface area contributed by atoms with E-state index in [9.17, 15) is 9.59 Å². The van der Waals surface area contributed by atoms with Gasteiger partial charge in [-0.1, -0.05) is 36.4 Å². The zero-order valence-electron chi connectivity index (χ0n) is 12.6. The quantitative estimate of drug-likeness (QED) is 0.840. The zero-order valence-corrected chi connectivity index (χ0v) is 12.6. The maximum Gasteiger partial charge on any atom is 0.276 e. The number of carbonyl (C=O) groups excluding carboxylic acids is 2. The van der Waals surface area contributed by atoms with E-state index in [2.05, 4.69) is 10.9 Å². The third-order valence-electron chi connectivity index (χ3n) is 3.66. The second kappa shape index (κ2) is 7.11. The van der Waals surface area contributed by atoms with Crippen molar-refractivity contribution >= 4 is 22.6 Å². The molecule has 1 atom stereocenters. The molecule has 0 aromatic heterocycles. The van der Waals surface area contributed by atoms with Crippen LogP contribution in [0, 0.1) is 0 Å². The summed E-state index contributed by atoms with van der Waals surface area (Å²) in [7, 11) is 0. The molecule has 2 aromatic rings. The summed E-state index contributed by atoms with van der Waals surface area (Å²) in [5.74, 6) is -0.131. The van der Waals surface area contributed by atoms with E-state index in [1.807, 2.05) is 36.4 Å². The first kappa shape index (κ1) is 15.3. The molecule has 0 unspecified atom stereocenters. The molecule has 6 nitrogen and oxygen atoms in total. The van der Waals surface area contributed by atoms with Crippen LogP contribution in [0.1, 0.15) is 12.8 Å². The minimum absolute atomic E-state index is 0.181. The number of rotatable bonds is 4. The lowest BCUT2D eigenvalue weighted by molar-refractivity contribution is -0.135. The maximum atomic E-state index is 11.8. The smallest absolute Gasteiger partial charge is 0.276 e. The first-order chi connectivity index (χ1) is 11.2. The molecule has 120 valence electrons. The third kappa shape index (κ3) is 3.78. The molecule has 0 aliphatic carbocycles. The van der Waals surface area contributed by atoms with Crippen molar-refractivity contribution in [2.75, 3.05) is 13.2 Å². The summed E-state index contributed by atoms with van der Waals surface area (Å²) in [5.41, 5.74) is 4.69. The van der Waals surface area contributed by atoms with Crippen molar-refractivity contribution in [1.82, 2.24) is 10.9 Å². The monoisotopic (exact) mass is 314 g/mol. The molecule has 23 heavy (non-hydrogen) atoms. The number of hydrazine groups is 1. The lowest BCUT2D eigenvalue weighted by Crippen LogP contribution is -2.47. The number of amides is 2. The van der Waals surface area contributed by atoms with E-state index in [1.54, 1.807) is 6.07 Å². The van der Waals surface area contributed by atoms with Gasteiger partial charge in [0.25, 0.3) is 11.8 Å². The number of benzene rings is 2. The number of ether oxygens (including phenoxy) is 2. The van der Waals surface area contributed by atoms with E-state index in [0.29, 0.717) is 18.8 Å². The molecule has 0 radical (unpaired) electrons. The van der Waals surface area contributed by atoms with Crippen molar-refractivity contribution in [3.05, 3.63) is 42.5 Å². The predicted octanol–water partition coefficient (Wildman–Crippen LogP) is 1.54. The molecular weight excluding hydrogens is 296 g/mol. The van der Waals surface area contributed by atoms with Gasteiger partial charge in [0.2, 0.25) is 0 Å². The maximum absolute atomic E-state index is 11.8. The van der Waals surface area contributed by atoms with Crippen LogP contribution in [0.3, 0.4) is 0 Å². The van der Waals surface area contributed by atoms with Crippen LogP contribution < -0.4 is 15.6 Å². The first-order valence-corrected chi connectivity index (χ1v) is 7.55. The van der Waals surface area contributed by atoms with Gasteiger partial charge < -0.3 is 9.47 Å². The van der Waals surface area contributed by atoms with E-state index >= 15 is 0 Å². The fraction of sp³-hybridized carbons (Fsp3) is 0.294. The van der Waals surface area contributed by atoms with Gasteiger partial charge in [0.15, 0.2) is 6.61 Å². The molecule has 1 aliphatic heterocycles. The molecule has 1 heterocycles. The van der Waals surface area contributed by atoms with E-state index in [-0.39, 0.29) is 12.5 Å². The highest BCUT2D eigenvalue weighted by atomic mass is 16.5. The lowest BCUT2D eigenvalue weighted by atomic mass is 10.1. The van der Waals surface area contributed by atoms with Gasteiger partial charge in [0, 0.05) is 12.0 Å². The molecular formula is C17H18N2O4. The molecule has 0 saturated carbocycles. The Hall–Kier alpha value is -2.60. The number of hydrogen-bond donors (Lipinski definition) is 2. The van der Waals surface area contributed by atoms with Gasteiger partial charge in [-0.3, -0.25) is 20.4 Å². The van der Waals surface area contributed by atoms with E-state index in [4.69, 9.17) is 9.47 Å². The van der Waals surface area contributed by atoms with Crippen LogP contribution in [0.2, 0.25) is 0 Å². The number of nitrogens with one attached hydrogen (secondary N) is 2. The van der Waals surface area contributed by atoms with Crippen LogP contribution in [0.4, 0.5) is 0 Å². The van der Waals surface area contributed by atoms with E-state index < -0.39 is 12.0 Å². The van der Waals surface area contributed by atoms with Crippen molar-refractivity contribution in [1.29, 1.82) is 0 Å². The number of fused-ring (bicyclic) bond motifs is 1. The summed E-state index contributed by atoms with van der Waals surface area (Å²) in [5, 5.41) is 1.98. The Morgan fingerprint density at radius 3 is 2.78 bits per heavy atom. The molecule has 0 bridgehead atoms. The van der Waals surface area contributed by atoms with Gasteiger partial charge in [0.05, 0.1) is 0 Å². The standard InChI is InChI=1S/C17H18N2O4/c20-16(18-19-17(21)15-9-4-10-22-15)11-23-14-8-3-6-12-5-1-2-7-13(12)14/h1-3,5-8,15H,4,9-11H2,(H,18,20)(H,19,21)/t15-/m0/s1. The van der Waals surface area contributed by atoms with Crippen molar-refractivity contribution in [2.45, 2.75) is 18.9 Å². The van der Waals surface area contributed by atoms with Gasteiger partial charge in [-0.05, 0) is 24.3 Å². The van der Waals surface area contributed by atoms with Crippen molar-refractivity contribution in [3.63, 3.8) is 0 Å². The summed E-state index contributed by atoms with van der Waals surface area (Å²) >= 11 is 0. The Balaban J connectivity index is 1.51. The molecule has 1 saturated heterocycles. The molecule has 2 amide bonds. The van der Waals surface area contributed by atoms with Crippen LogP contribution in [-0.2, 0) is 14.3 Å². The summed E-state index contributed by atoms with van der Waals surface area (Å²) in [6.07, 6.45) is 1.05. The summed E-state index contributed by atoms with van der Waals surface area (Å²) in [6.45, 7) is 0.399. The predicted molar refractivity (Wildman–Crippen MR) is 84.7 cm³/mol. The van der Waals surface area contributed by atoms with Crippen molar-refractivity contribution < 1.29 is 19.1 Å². The fourth-order valence-electron chi connectivity index (χ4n) is 2.50. The van der Waals surface area contributed by atoms with Gasteiger partial charge in [-0.2, -0.15) is 0 Å². The van der Waals surface area contributed by atoms with Crippen LogP contribution >= 0.6 is 0 Å². The number of hydrogen-bond acceptors (Lipinski definition) is 4. The zero-order chi connectivity index (χ0) is 16.1. The highest BCUT2D eigenvalue weighted by Crippen LogP contribution is 2.24. The molecule has 3 rings (SSSR count). The van der Waals surface area contributed by atoms with E-state index in [0.717, 1.165) is 17.2 Å². The number of carbonyl (C=O) groups is 2. The Bertz CT molecular complexity index is 705. The average molecular weight is 314 g/mol.